The smallest absolute Gasteiger partial charge is 0.123 e. The zero-order chi connectivity index (χ0) is 16.8. The topological polar surface area (TPSA) is 27.7 Å². The summed E-state index contributed by atoms with van der Waals surface area (Å²) in [4.78, 5) is 4.89. The van der Waals surface area contributed by atoms with Crippen LogP contribution in [0.2, 0.25) is 0 Å². The summed E-state index contributed by atoms with van der Waals surface area (Å²) in [7, 11) is 3.92. The van der Waals surface area contributed by atoms with Gasteiger partial charge in [0.1, 0.15) is 5.75 Å². The van der Waals surface area contributed by atoms with Gasteiger partial charge in [0.05, 0.1) is 7.11 Å². The number of likely N-dealkylation sites (N-methyl/N-ethyl adjacent to an activating group) is 1. The van der Waals surface area contributed by atoms with Crippen LogP contribution in [0, 0.1) is 0 Å². The third kappa shape index (κ3) is 4.08. The third-order valence-corrected chi connectivity index (χ3v) is 4.66. The number of nitrogens with one attached hydrogen (secondary N) is 1. The van der Waals surface area contributed by atoms with Gasteiger partial charge in [0, 0.05) is 50.5 Å². The highest BCUT2D eigenvalue weighted by molar-refractivity contribution is 5.54. The van der Waals surface area contributed by atoms with Crippen LogP contribution in [0.1, 0.15) is 11.1 Å². The van der Waals surface area contributed by atoms with Crippen LogP contribution in [-0.2, 0) is 13.1 Å². The number of hydrogen-bond donors (Lipinski definition) is 1. The summed E-state index contributed by atoms with van der Waals surface area (Å²) in [5.41, 5.74) is 3.91. The van der Waals surface area contributed by atoms with E-state index in [1.807, 2.05) is 12.1 Å². The van der Waals surface area contributed by atoms with Gasteiger partial charge in [-0.25, -0.2) is 0 Å². The van der Waals surface area contributed by atoms with Crippen LogP contribution >= 0.6 is 0 Å². The fourth-order valence-corrected chi connectivity index (χ4v) is 3.20. The summed E-state index contributed by atoms with van der Waals surface area (Å²) in [5, 5.41) is 3.56. The molecule has 0 radical (unpaired) electrons. The first-order valence-electron chi connectivity index (χ1n) is 8.62. The minimum absolute atomic E-state index is 0.807. The zero-order valence-electron chi connectivity index (χ0n) is 14.7. The van der Waals surface area contributed by atoms with Crippen molar-refractivity contribution < 1.29 is 4.74 Å². The maximum atomic E-state index is 5.42. The second-order valence-corrected chi connectivity index (χ2v) is 6.33. The lowest BCUT2D eigenvalue weighted by atomic mass is 10.1. The van der Waals surface area contributed by atoms with E-state index in [-0.39, 0.29) is 0 Å². The van der Waals surface area contributed by atoms with E-state index in [9.17, 15) is 0 Å². The lowest BCUT2D eigenvalue weighted by molar-refractivity contribution is 0.312. The van der Waals surface area contributed by atoms with Crippen LogP contribution in [0.3, 0.4) is 0 Å². The second kappa shape index (κ2) is 8.18. The number of anilines is 1. The molecule has 0 saturated carbocycles. The molecule has 0 aromatic heterocycles. The fraction of sp³-hybridized carbons (Fsp3) is 0.400. The molecule has 1 heterocycles. The monoisotopic (exact) mass is 325 g/mol. The number of nitrogens with zero attached hydrogens (tertiary/aromatic N) is 2. The van der Waals surface area contributed by atoms with Crippen molar-refractivity contribution in [3.8, 4) is 5.75 Å². The van der Waals surface area contributed by atoms with Gasteiger partial charge in [-0.05, 0) is 24.7 Å². The maximum Gasteiger partial charge on any atom is 0.123 e. The van der Waals surface area contributed by atoms with E-state index in [0.29, 0.717) is 0 Å². The summed E-state index contributed by atoms with van der Waals surface area (Å²) in [6, 6.07) is 16.9. The molecule has 1 N–H and O–H groups in total. The lowest BCUT2D eigenvalue weighted by Crippen LogP contribution is -2.44. The summed E-state index contributed by atoms with van der Waals surface area (Å²) in [6.45, 7) is 6.12. The summed E-state index contributed by atoms with van der Waals surface area (Å²) >= 11 is 0. The highest BCUT2D eigenvalue weighted by Gasteiger charge is 2.16. The Morgan fingerprint density at radius 3 is 2.25 bits per heavy atom. The fourth-order valence-electron chi connectivity index (χ4n) is 3.20. The molecule has 0 bridgehead atoms. The molecule has 0 unspecified atom stereocenters. The third-order valence-electron chi connectivity index (χ3n) is 4.66. The van der Waals surface area contributed by atoms with Gasteiger partial charge in [0.15, 0.2) is 0 Å². The van der Waals surface area contributed by atoms with Gasteiger partial charge in [-0.3, -0.25) is 0 Å². The standard InChI is InChI=1S/C20H27N3O/c1-22-11-13-23(14-12-22)19-9-5-3-7-17(19)15-21-16-18-8-4-6-10-20(18)24-2/h3-10,21H,11-16H2,1-2H3. The zero-order valence-corrected chi connectivity index (χ0v) is 14.7. The van der Waals surface area contributed by atoms with Gasteiger partial charge >= 0.3 is 0 Å². The van der Waals surface area contributed by atoms with Crippen molar-refractivity contribution in [2.45, 2.75) is 13.1 Å². The van der Waals surface area contributed by atoms with Crippen molar-refractivity contribution in [1.82, 2.24) is 10.2 Å². The molecule has 128 valence electrons. The number of rotatable bonds is 6. The summed E-state index contributed by atoms with van der Waals surface area (Å²) < 4.78 is 5.42. The van der Waals surface area contributed by atoms with Crippen LogP contribution in [-0.4, -0.2) is 45.2 Å². The van der Waals surface area contributed by atoms with Crippen molar-refractivity contribution >= 4 is 5.69 Å². The van der Waals surface area contributed by atoms with Gasteiger partial charge in [0.2, 0.25) is 0 Å². The molecule has 1 fully saturated rings. The molecule has 3 rings (SSSR count). The Bertz CT molecular complexity index is 651. The average molecular weight is 325 g/mol. The number of methoxy groups -OCH3 is 1. The van der Waals surface area contributed by atoms with Crippen LogP contribution in [0.25, 0.3) is 0 Å². The molecule has 4 heteroatoms. The van der Waals surface area contributed by atoms with E-state index in [1.165, 1.54) is 16.8 Å². The van der Waals surface area contributed by atoms with Gasteiger partial charge in [-0.15, -0.1) is 0 Å². The van der Waals surface area contributed by atoms with Gasteiger partial charge in [0.25, 0.3) is 0 Å². The highest BCUT2D eigenvalue weighted by Crippen LogP contribution is 2.22. The molecule has 0 aliphatic carbocycles. The molecule has 4 nitrogen and oxygen atoms in total. The minimum Gasteiger partial charge on any atom is -0.496 e. The van der Waals surface area contributed by atoms with Crippen LogP contribution < -0.4 is 15.0 Å². The molecule has 0 atom stereocenters. The maximum absolute atomic E-state index is 5.42. The largest absolute Gasteiger partial charge is 0.496 e. The summed E-state index contributed by atoms with van der Waals surface area (Å²) in [6.07, 6.45) is 0. The number of piperazine rings is 1. The Morgan fingerprint density at radius 2 is 1.50 bits per heavy atom. The minimum atomic E-state index is 0.807. The molecular weight excluding hydrogens is 298 g/mol. The Morgan fingerprint density at radius 1 is 0.875 bits per heavy atom. The lowest BCUT2D eigenvalue weighted by Gasteiger charge is -2.35. The van der Waals surface area contributed by atoms with E-state index in [0.717, 1.165) is 45.0 Å². The molecule has 1 aliphatic heterocycles. The quantitative estimate of drug-likeness (QED) is 0.884. The van der Waals surface area contributed by atoms with Crippen LogP contribution in [0.5, 0.6) is 5.75 Å². The van der Waals surface area contributed by atoms with E-state index in [1.54, 1.807) is 7.11 Å². The van der Waals surface area contributed by atoms with Gasteiger partial charge in [-0.2, -0.15) is 0 Å². The van der Waals surface area contributed by atoms with Crippen molar-refractivity contribution in [3.05, 3.63) is 59.7 Å². The number of para-hydroxylation sites is 2. The predicted molar refractivity (Wildman–Crippen MR) is 99.7 cm³/mol. The first-order valence-corrected chi connectivity index (χ1v) is 8.62. The van der Waals surface area contributed by atoms with Gasteiger partial charge in [-0.1, -0.05) is 36.4 Å². The molecule has 24 heavy (non-hydrogen) atoms. The second-order valence-electron chi connectivity index (χ2n) is 6.33. The average Bonchev–Trinajstić information content (AvgIpc) is 2.63. The molecule has 0 amide bonds. The molecule has 2 aromatic rings. The Hall–Kier alpha value is -2.04. The normalized spacial score (nSPS) is 15.5. The highest BCUT2D eigenvalue weighted by atomic mass is 16.5. The van der Waals surface area contributed by atoms with Crippen molar-refractivity contribution in [2.24, 2.45) is 0 Å². The Labute approximate surface area is 145 Å². The number of benzene rings is 2. The first-order chi connectivity index (χ1) is 11.8. The van der Waals surface area contributed by atoms with Gasteiger partial charge < -0.3 is 19.9 Å². The van der Waals surface area contributed by atoms with Crippen LogP contribution in [0.4, 0.5) is 5.69 Å². The van der Waals surface area contributed by atoms with Crippen molar-refractivity contribution in [1.29, 1.82) is 0 Å². The van der Waals surface area contributed by atoms with E-state index >= 15 is 0 Å². The van der Waals surface area contributed by atoms with E-state index in [4.69, 9.17) is 4.74 Å². The van der Waals surface area contributed by atoms with E-state index in [2.05, 4.69) is 58.6 Å². The molecule has 2 aromatic carbocycles. The first kappa shape index (κ1) is 16.8. The predicted octanol–water partition coefficient (Wildman–Crippen LogP) is 2.74. The van der Waals surface area contributed by atoms with Crippen molar-refractivity contribution in [2.75, 3.05) is 45.2 Å². The summed E-state index contributed by atoms with van der Waals surface area (Å²) in [5.74, 6) is 0.942. The Kier molecular flexibility index (Phi) is 5.72. The Balaban J connectivity index is 1.63. The molecule has 0 spiro atoms. The van der Waals surface area contributed by atoms with Crippen molar-refractivity contribution in [3.63, 3.8) is 0 Å². The molecular formula is C20H27N3O. The number of hydrogen-bond acceptors (Lipinski definition) is 4. The SMILES string of the molecule is COc1ccccc1CNCc1ccccc1N1CCN(C)CC1. The van der Waals surface area contributed by atoms with E-state index < -0.39 is 0 Å². The molecule has 1 aliphatic rings. The number of ether oxygens (including phenoxy) is 1. The van der Waals surface area contributed by atoms with Crippen LogP contribution in [0.15, 0.2) is 48.5 Å². The molecule has 1 saturated heterocycles.